The van der Waals surface area contributed by atoms with Gasteiger partial charge in [0.25, 0.3) is 11.8 Å². The molecule has 2 aromatic carbocycles. The molecule has 0 spiro atoms. The van der Waals surface area contributed by atoms with E-state index >= 15 is 0 Å². The highest BCUT2D eigenvalue weighted by molar-refractivity contribution is 7.89. The molecule has 0 atom stereocenters. The number of nitriles is 1. The van der Waals surface area contributed by atoms with E-state index in [1.165, 1.54) is 52.8 Å². The zero-order valence-electron chi connectivity index (χ0n) is 14.9. The lowest BCUT2D eigenvalue weighted by Crippen LogP contribution is -2.41. The normalized spacial score (nSPS) is 14.2. The van der Waals surface area contributed by atoms with Crippen molar-refractivity contribution in [3.63, 3.8) is 0 Å². The second-order valence-electron chi connectivity index (χ2n) is 6.23. The lowest BCUT2D eigenvalue weighted by molar-refractivity contribution is 0.0846. The largest absolute Gasteiger partial charge is 0.269 e. The number of carbonyl (C=O) groups is 2. The van der Waals surface area contributed by atoms with Crippen molar-refractivity contribution in [2.24, 2.45) is 0 Å². The highest BCUT2D eigenvalue weighted by Gasteiger charge is 2.27. The first-order valence-electron chi connectivity index (χ1n) is 8.63. The first-order valence-corrected chi connectivity index (χ1v) is 10.1. The molecule has 9 heteroatoms. The van der Waals surface area contributed by atoms with Gasteiger partial charge in [0.05, 0.1) is 16.5 Å². The summed E-state index contributed by atoms with van der Waals surface area (Å²) in [5.41, 5.74) is 5.47. The van der Waals surface area contributed by atoms with Gasteiger partial charge in [-0.3, -0.25) is 20.4 Å². The summed E-state index contributed by atoms with van der Waals surface area (Å²) in [6.07, 6.45) is 1.69. The van der Waals surface area contributed by atoms with Crippen molar-refractivity contribution < 1.29 is 18.0 Å². The number of rotatable bonds is 4. The number of hydrazine groups is 1. The lowest BCUT2D eigenvalue weighted by Gasteiger charge is -2.15. The average Bonchev–Trinajstić information content (AvgIpc) is 3.28. The van der Waals surface area contributed by atoms with Gasteiger partial charge >= 0.3 is 0 Å². The predicted molar refractivity (Wildman–Crippen MR) is 101 cm³/mol. The zero-order valence-corrected chi connectivity index (χ0v) is 15.7. The monoisotopic (exact) mass is 398 g/mol. The Labute approximate surface area is 162 Å². The average molecular weight is 398 g/mol. The van der Waals surface area contributed by atoms with Crippen LogP contribution < -0.4 is 10.9 Å². The molecule has 0 radical (unpaired) electrons. The fourth-order valence-electron chi connectivity index (χ4n) is 2.81. The van der Waals surface area contributed by atoms with Gasteiger partial charge in [-0.2, -0.15) is 9.57 Å². The minimum absolute atomic E-state index is 0.132. The van der Waals surface area contributed by atoms with E-state index in [0.717, 1.165) is 12.8 Å². The number of amides is 2. The molecule has 2 aromatic rings. The highest BCUT2D eigenvalue weighted by Crippen LogP contribution is 2.21. The van der Waals surface area contributed by atoms with Crippen molar-refractivity contribution in [3.05, 3.63) is 65.2 Å². The minimum Gasteiger partial charge on any atom is -0.267 e. The summed E-state index contributed by atoms with van der Waals surface area (Å²) < 4.78 is 26.4. The summed E-state index contributed by atoms with van der Waals surface area (Å²) in [6, 6.07) is 13.4. The fraction of sp³-hybridized carbons (Fsp3) is 0.211. The second kappa shape index (κ2) is 8.21. The van der Waals surface area contributed by atoms with Crippen LogP contribution in [0.4, 0.5) is 0 Å². The molecule has 0 saturated carbocycles. The summed E-state index contributed by atoms with van der Waals surface area (Å²) in [5, 5.41) is 8.75. The van der Waals surface area contributed by atoms with Gasteiger partial charge < -0.3 is 0 Å². The molecule has 0 bridgehead atoms. The van der Waals surface area contributed by atoms with Crippen molar-refractivity contribution in [1.29, 1.82) is 5.26 Å². The Hall–Kier alpha value is -3.22. The van der Waals surface area contributed by atoms with Gasteiger partial charge in [0, 0.05) is 24.2 Å². The van der Waals surface area contributed by atoms with Crippen LogP contribution in [0.15, 0.2) is 53.4 Å². The van der Waals surface area contributed by atoms with Gasteiger partial charge in [0.15, 0.2) is 0 Å². The van der Waals surface area contributed by atoms with Crippen LogP contribution in [0.3, 0.4) is 0 Å². The number of benzene rings is 2. The van der Waals surface area contributed by atoms with Gasteiger partial charge in [-0.15, -0.1) is 0 Å². The molecular formula is C19H18N4O4S. The number of nitrogens with zero attached hydrogens (tertiary/aromatic N) is 2. The van der Waals surface area contributed by atoms with Crippen molar-refractivity contribution in [2.75, 3.05) is 13.1 Å². The van der Waals surface area contributed by atoms with Crippen molar-refractivity contribution in [3.8, 4) is 6.07 Å². The Balaban J connectivity index is 1.61. The molecular weight excluding hydrogens is 380 g/mol. The van der Waals surface area contributed by atoms with E-state index in [-0.39, 0.29) is 16.0 Å². The third kappa shape index (κ3) is 4.19. The molecule has 1 aliphatic rings. The molecule has 2 amide bonds. The van der Waals surface area contributed by atoms with E-state index in [1.54, 1.807) is 0 Å². The maximum Gasteiger partial charge on any atom is 0.269 e. The SMILES string of the molecule is N#Cc1ccc(C(=O)NNC(=O)c2ccc(S(=O)(=O)N3CCCC3)cc2)cc1. The topological polar surface area (TPSA) is 119 Å². The van der Waals surface area contributed by atoms with Crippen LogP contribution in [0.5, 0.6) is 0 Å². The molecule has 1 aliphatic heterocycles. The predicted octanol–water partition coefficient (Wildman–Crippen LogP) is 1.42. The summed E-state index contributed by atoms with van der Waals surface area (Å²) in [6.45, 7) is 1.01. The number of nitrogens with one attached hydrogen (secondary N) is 2. The summed E-state index contributed by atoms with van der Waals surface area (Å²) in [4.78, 5) is 24.3. The van der Waals surface area contributed by atoms with Crippen LogP contribution in [0, 0.1) is 11.3 Å². The Bertz CT molecular complexity index is 1020. The van der Waals surface area contributed by atoms with E-state index in [4.69, 9.17) is 5.26 Å². The quantitative estimate of drug-likeness (QED) is 0.755. The van der Waals surface area contributed by atoms with Gasteiger partial charge in [-0.1, -0.05) is 0 Å². The van der Waals surface area contributed by atoms with E-state index in [9.17, 15) is 18.0 Å². The third-order valence-electron chi connectivity index (χ3n) is 4.39. The first-order chi connectivity index (χ1) is 13.4. The van der Waals surface area contributed by atoms with Crippen LogP contribution in [0.1, 0.15) is 39.1 Å². The summed E-state index contributed by atoms with van der Waals surface area (Å²) in [7, 11) is -3.54. The van der Waals surface area contributed by atoms with Gasteiger partial charge in [0.1, 0.15) is 0 Å². The van der Waals surface area contributed by atoms with Crippen LogP contribution in [0.25, 0.3) is 0 Å². The van der Waals surface area contributed by atoms with Crippen LogP contribution >= 0.6 is 0 Å². The van der Waals surface area contributed by atoms with Gasteiger partial charge in [-0.05, 0) is 61.4 Å². The molecule has 1 fully saturated rings. The summed E-state index contributed by atoms with van der Waals surface area (Å²) in [5.74, 6) is -1.11. The Kier molecular flexibility index (Phi) is 5.73. The minimum atomic E-state index is -3.54. The lowest BCUT2D eigenvalue weighted by atomic mass is 10.1. The summed E-state index contributed by atoms with van der Waals surface area (Å²) >= 11 is 0. The number of hydrogen-bond donors (Lipinski definition) is 2. The first kappa shape index (κ1) is 19.5. The molecule has 1 saturated heterocycles. The fourth-order valence-corrected chi connectivity index (χ4v) is 4.33. The molecule has 0 aromatic heterocycles. The van der Waals surface area contributed by atoms with Crippen LogP contribution in [-0.2, 0) is 10.0 Å². The highest BCUT2D eigenvalue weighted by atomic mass is 32.2. The van der Waals surface area contributed by atoms with Crippen LogP contribution in [0.2, 0.25) is 0 Å². The Morgan fingerprint density at radius 1 is 0.857 bits per heavy atom. The molecule has 3 rings (SSSR count). The Morgan fingerprint density at radius 3 is 1.79 bits per heavy atom. The zero-order chi connectivity index (χ0) is 20.1. The number of carbonyl (C=O) groups excluding carboxylic acids is 2. The third-order valence-corrected chi connectivity index (χ3v) is 6.30. The molecule has 8 nitrogen and oxygen atoms in total. The maximum absolute atomic E-state index is 12.5. The van der Waals surface area contributed by atoms with Crippen LogP contribution in [-0.4, -0.2) is 37.6 Å². The van der Waals surface area contributed by atoms with E-state index in [1.807, 2.05) is 6.07 Å². The van der Waals surface area contributed by atoms with E-state index in [0.29, 0.717) is 18.7 Å². The van der Waals surface area contributed by atoms with Crippen molar-refractivity contribution in [1.82, 2.24) is 15.2 Å². The molecule has 0 aliphatic carbocycles. The molecule has 2 N–H and O–H groups in total. The Morgan fingerprint density at radius 2 is 1.32 bits per heavy atom. The van der Waals surface area contributed by atoms with Crippen molar-refractivity contribution >= 4 is 21.8 Å². The van der Waals surface area contributed by atoms with Gasteiger partial charge in [0.2, 0.25) is 10.0 Å². The van der Waals surface area contributed by atoms with Crippen molar-refractivity contribution in [2.45, 2.75) is 17.7 Å². The van der Waals surface area contributed by atoms with E-state index < -0.39 is 21.8 Å². The number of hydrogen-bond acceptors (Lipinski definition) is 5. The molecule has 0 unspecified atom stereocenters. The molecule has 1 heterocycles. The molecule has 144 valence electrons. The maximum atomic E-state index is 12.5. The van der Waals surface area contributed by atoms with Gasteiger partial charge in [-0.25, -0.2) is 8.42 Å². The second-order valence-corrected chi connectivity index (χ2v) is 8.17. The number of sulfonamides is 1. The van der Waals surface area contributed by atoms with E-state index in [2.05, 4.69) is 10.9 Å². The molecule has 28 heavy (non-hydrogen) atoms. The smallest absolute Gasteiger partial charge is 0.267 e. The standard InChI is InChI=1S/C19H18N4O4S/c20-13-14-3-5-15(6-4-14)18(24)21-22-19(25)16-7-9-17(10-8-16)28(26,27)23-11-1-2-12-23/h3-10H,1-2,11-12H2,(H,21,24)(H,22,25).